The standard InChI is InChI=1S/C13H16F3NO3S/c1-9-6-17-12(8-21(18,19)7-9)10-2-4-11(5-3-10)20-13(14,15)16/h2-5,9,12,17H,6-8H2,1H3. The average molecular weight is 323 g/mol. The monoisotopic (exact) mass is 323 g/mol. The molecule has 0 amide bonds. The SMILES string of the molecule is CC1CNC(c2ccc(OC(F)(F)F)cc2)CS(=O)(=O)C1. The van der Waals surface area contributed by atoms with Gasteiger partial charge in [-0.05, 0) is 30.2 Å². The summed E-state index contributed by atoms with van der Waals surface area (Å²) in [6, 6.07) is 4.85. The molecular formula is C13H16F3NO3S. The van der Waals surface area contributed by atoms with Crippen molar-refractivity contribution in [1.82, 2.24) is 5.32 Å². The van der Waals surface area contributed by atoms with Crippen LogP contribution in [0.4, 0.5) is 13.2 Å². The van der Waals surface area contributed by atoms with Gasteiger partial charge in [0, 0.05) is 6.04 Å². The van der Waals surface area contributed by atoms with Crippen molar-refractivity contribution in [3.8, 4) is 5.75 Å². The normalized spacial score (nSPS) is 26.1. The van der Waals surface area contributed by atoms with Gasteiger partial charge in [-0.25, -0.2) is 8.42 Å². The van der Waals surface area contributed by atoms with Gasteiger partial charge in [0.2, 0.25) is 0 Å². The summed E-state index contributed by atoms with van der Waals surface area (Å²) in [6.45, 7) is 2.39. The fraction of sp³-hybridized carbons (Fsp3) is 0.538. The molecule has 21 heavy (non-hydrogen) atoms. The van der Waals surface area contributed by atoms with Crippen LogP contribution in [0, 0.1) is 5.92 Å². The van der Waals surface area contributed by atoms with E-state index in [1.165, 1.54) is 24.3 Å². The van der Waals surface area contributed by atoms with E-state index in [0.717, 1.165) is 0 Å². The molecule has 2 unspecified atom stereocenters. The molecule has 1 heterocycles. The van der Waals surface area contributed by atoms with Gasteiger partial charge in [0.25, 0.3) is 0 Å². The van der Waals surface area contributed by atoms with Gasteiger partial charge in [-0.1, -0.05) is 19.1 Å². The summed E-state index contributed by atoms with van der Waals surface area (Å²) in [4.78, 5) is 0. The Morgan fingerprint density at radius 3 is 2.38 bits per heavy atom. The highest BCUT2D eigenvalue weighted by atomic mass is 32.2. The largest absolute Gasteiger partial charge is 0.573 e. The van der Waals surface area contributed by atoms with E-state index in [4.69, 9.17) is 0 Å². The molecule has 0 spiro atoms. The molecule has 8 heteroatoms. The molecule has 0 radical (unpaired) electrons. The number of alkyl halides is 3. The van der Waals surface area contributed by atoms with Crippen LogP contribution in [0.25, 0.3) is 0 Å². The topological polar surface area (TPSA) is 55.4 Å². The van der Waals surface area contributed by atoms with Crippen LogP contribution in [-0.4, -0.2) is 32.8 Å². The van der Waals surface area contributed by atoms with E-state index >= 15 is 0 Å². The Hall–Kier alpha value is -1.28. The third kappa shape index (κ3) is 4.89. The summed E-state index contributed by atoms with van der Waals surface area (Å²) in [7, 11) is -3.18. The fourth-order valence-electron chi connectivity index (χ4n) is 2.33. The maximum absolute atomic E-state index is 12.1. The lowest BCUT2D eigenvalue weighted by molar-refractivity contribution is -0.274. The molecule has 2 rings (SSSR count). The van der Waals surface area contributed by atoms with Crippen LogP contribution in [0.3, 0.4) is 0 Å². The first-order chi connectivity index (χ1) is 9.65. The Morgan fingerprint density at radius 2 is 1.81 bits per heavy atom. The molecule has 118 valence electrons. The quantitative estimate of drug-likeness (QED) is 0.907. The number of sulfone groups is 1. The van der Waals surface area contributed by atoms with Crippen LogP contribution in [0.5, 0.6) is 5.75 Å². The second-order valence-corrected chi connectivity index (χ2v) is 7.41. The zero-order valence-corrected chi connectivity index (χ0v) is 12.2. The van der Waals surface area contributed by atoms with E-state index in [2.05, 4.69) is 10.1 Å². The third-order valence-electron chi connectivity index (χ3n) is 3.19. The Balaban J connectivity index is 2.14. The van der Waals surface area contributed by atoms with Crippen LogP contribution in [0.1, 0.15) is 18.5 Å². The molecular weight excluding hydrogens is 307 g/mol. The summed E-state index contributed by atoms with van der Waals surface area (Å²) in [6.07, 6.45) is -4.74. The molecule has 0 bridgehead atoms. The third-order valence-corrected chi connectivity index (χ3v) is 5.11. The predicted molar refractivity (Wildman–Crippen MR) is 71.7 cm³/mol. The van der Waals surface area contributed by atoms with Crippen molar-refractivity contribution in [1.29, 1.82) is 0 Å². The van der Waals surface area contributed by atoms with Crippen molar-refractivity contribution in [3.05, 3.63) is 29.8 Å². The summed E-state index contributed by atoms with van der Waals surface area (Å²) < 4.78 is 63.8. The highest BCUT2D eigenvalue weighted by Gasteiger charge is 2.31. The minimum atomic E-state index is -4.74. The van der Waals surface area contributed by atoms with E-state index in [1.807, 2.05) is 6.92 Å². The van der Waals surface area contributed by atoms with Crippen molar-refractivity contribution in [2.75, 3.05) is 18.1 Å². The van der Waals surface area contributed by atoms with Gasteiger partial charge in [0.05, 0.1) is 11.5 Å². The van der Waals surface area contributed by atoms with Crippen LogP contribution < -0.4 is 10.1 Å². The molecule has 1 saturated heterocycles. The maximum Gasteiger partial charge on any atom is 0.573 e. The zero-order chi connectivity index (χ0) is 15.7. The minimum absolute atomic E-state index is 0.00726. The minimum Gasteiger partial charge on any atom is -0.406 e. The first-order valence-electron chi connectivity index (χ1n) is 6.44. The summed E-state index contributed by atoms with van der Waals surface area (Å²) in [5.41, 5.74) is 0.627. The lowest BCUT2D eigenvalue weighted by atomic mass is 10.1. The summed E-state index contributed by atoms with van der Waals surface area (Å²) in [5.74, 6) is -0.258. The Morgan fingerprint density at radius 1 is 1.19 bits per heavy atom. The van der Waals surface area contributed by atoms with E-state index in [-0.39, 0.29) is 23.2 Å². The average Bonchev–Trinajstić information content (AvgIpc) is 2.46. The highest BCUT2D eigenvalue weighted by Crippen LogP contribution is 2.26. The van der Waals surface area contributed by atoms with Gasteiger partial charge in [-0.2, -0.15) is 0 Å². The number of hydrogen-bond donors (Lipinski definition) is 1. The number of ether oxygens (including phenoxy) is 1. The second-order valence-electron chi connectivity index (χ2n) is 5.26. The Bertz CT molecular complexity index is 584. The Labute approximate surface area is 121 Å². The summed E-state index contributed by atoms with van der Waals surface area (Å²) in [5, 5.41) is 3.13. The molecule has 1 aliphatic rings. The van der Waals surface area contributed by atoms with Crippen LogP contribution in [0.15, 0.2) is 24.3 Å². The molecule has 0 aliphatic carbocycles. The molecule has 0 saturated carbocycles. The number of halogens is 3. The molecule has 2 atom stereocenters. The van der Waals surface area contributed by atoms with E-state index in [9.17, 15) is 21.6 Å². The van der Waals surface area contributed by atoms with Crippen molar-refractivity contribution >= 4 is 9.84 Å². The second kappa shape index (κ2) is 5.84. The first-order valence-corrected chi connectivity index (χ1v) is 8.26. The zero-order valence-electron chi connectivity index (χ0n) is 11.4. The number of nitrogens with one attached hydrogen (secondary N) is 1. The van der Waals surface area contributed by atoms with Crippen LogP contribution >= 0.6 is 0 Å². The summed E-state index contributed by atoms with van der Waals surface area (Å²) >= 11 is 0. The molecule has 1 N–H and O–H groups in total. The molecule has 1 aromatic carbocycles. The molecule has 1 aromatic rings. The van der Waals surface area contributed by atoms with Gasteiger partial charge in [0.15, 0.2) is 9.84 Å². The predicted octanol–water partition coefficient (Wildman–Crippen LogP) is 2.28. The fourth-order valence-corrected chi connectivity index (χ4v) is 4.27. The van der Waals surface area contributed by atoms with Gasteiger partial charge in [0.1, 0.15) is 5.75 Å². The number of rotatable bonds is 2. The van der Waals surface area contributed by atoms with Crippen LogP contribution in [0.2, 0.25) is 0 Å². The van der Waals surface area contributed by atoms with E-state index in [0.29, 0.717) is 12.1 Å². The smallest absolute Gasteiger partial charge is 0.406 e. The van der Waals surface area contributed by atoms with Gasteiger partial charge < -0.3 is 10.1 Å². The van der Waals surface area contributed by atoms with Crippen LogP contribution in [-0.2, 0) is 9.84 Å². The van der Waals surface area contributed by atoms with Crippen molar-refractivity contribution in [3.63, 3.8) is 0 Å². The van der Waals surface area contributed by atoms with Gasteiger partial charge >= 0.3 is 6.36 Å². The van der Waals surface area contributed by atoms with Crippen molar-refractivity contribution in [2.24, 2.45) is 5.92 Å². The molecule has 1 aliphatic heterocycles. The van der Waals surface area contributed by atoms with E-state index in [1.54, 1.807) is 0 Å². The van der Waals surface area contributed by atoms with E-state index < -0.39 is 22.2 Å². The van der Waals surface area contributed by atoms with Crippen molar-refractivity contribution < 1.29 is 26.3 Å². The highest BCUT2D eigenvalue weighted by molar-refractivity contribution is 7.91. The molecule has 1 fully saturated rings. The number of hydrogen-bond acceptors (Lipinski definition) is 4. The van der Waals surface area contributed by atoms with Crippen molar-refractivity contribution in [2.45, 2.75) is 19.3 Å². The lowest BCUT2D eigenvalue weighted by Gasteiger charge is -2.17. The lowest BCUT2D eigenvalue weighted by Crippen LogP contribution is -2.26. The van der Waals surface area contributed by atoms with Gasteiger partial charge in [-0.15, -0.1) is 13.2 Å². The number of benzene rings is 1. The first kappa shape index (κ1) is 16.1. The molecule has 0 aromatic heterocycles. The van der Waals surface area contributed by atoms with Gasteiger partial charge in [-0.3, -0.25) is 0 Å². The Kier molecular flexibility index (Phi) is 4.48. The molecule has 4 nitrogen and oxygen atoms in total. The maximum atomic E-state index is 12.1.